The Bertz CT molecular complexity index is 569. The summed E-state index contributed by atoms with van der Waals surface area (Å²) in [5, 5.41) is 3.60. The Balaban J connectivity index is 2.18. The molecule has 0 heterocycles. The van der Waals surface area contributed by atoms with E-state index in [9.17, 15) is 0 Å². The first-order valence-electron chi connectivity index (χ1n) is 7.18. The van der Waals surface area contributed by atoms with Crippen molar-refractivity contribution in [2.75, 3.05) is 14.2 Å². The zero-order valence-electron chi connectivity index (χ0n) is 13.1. The fourth-order valence-corrected chi connectivity index (χ4v) is 2.48. The molecule has 0 amide bonds. The molecule has 2 aromatic carbocycles. The van der Waals surface area contributed by atoms with Crippen molar-refractivity contribution in [3.8, 4) is 11.5 Å². The van der Waals surface area contributed by atoms with Crippen LogP contribution in [0.15, 0.2) is 48.5 Å². The van der Waals surface area contributed by atoms with E-state index in [1.54, 1.807) is 14.2 Å². The molecule has 0 saturated carbocycles. The summed E-state index contributed by atoms with van der Waals surface area (Å²) in [6.07, 6.45) is 0. The Morgan fingerprint density at radius 1 is 0.857 bits per heavy atom. The molecular formula is C18H23NO2. The average Bonchev–Trinajstić information content (AvgIpc) is 2.54. The second kappa shape index (κ2) is 7.14. The van der Waals surface area contributed by atoms with Gasteiger partial charge in [0.25, 0.3) is 0 Å². The highest BCUT2D eigenvalue weighted by molar-refractivity contribution is 5.42. The molecule has 112 valence electrons. The Hall–Kier alpha value is -2.00. The molecule has 0 spiro atoms. The number of hydrogen-bond acceptors (Lipinski definition) is 3. The molecule has 3 nitrogen and oxygen atoms in total. The van der Waals surface area contributed by atoms with Crippen molar-refractivity contribution >= 4 is 0 Å². The van der Waals surface area contributed by atoms with E-state index >= 15 is 0 Å². The average molecular weight is 285 g/mol. The molecule has 0 aromatic heterocycles. The van der Waals surface area contributed by atoms with E-state index in [0.717, 1.165) is 17.1 Å². The van der Waals surface area contributed by atoms with Gasteiger partial charge in [-0.25, -0.2) is 0 Å². The Labute approximate surface area is 126 Å². The van der Waals surface area contributed by atoms with Crippen molar-refractivity contribution in [1.82, 2.24) is 5.32 Å². The van der Waals surface area contributed by atoms with Crippen LogP contribution >= 0.6 is 0 Å². The summed E-state index contributed by atoms with van der Waals surface area (Å²) < 4.78 is 10.8. The second-order valence-corrected chi connectivity index (χ2v) is 5.13. The molecule has 21 heavy (non-hydrogen) atoms. The van der Waals surface area contributed by atoms with Gasteiger partial charge in [0.15, 0.2) is 0 Å². The van der Waals surface area contributed by atoms with Gasteiger partial charge in [-0.3, -0.25) is 0 Å². The fraction of sp³-hybridized carbons (Fsp3) is 0.333. The maximum Gasteiger partial charge on any atom is 0.123 e. The Morgan fingerprint density at radius 2 is 1.57 bits per heavy atom. The summed E-state index contributed by atoms with van der Waals surface area (Å²) >= 11 is 0. The van der Waals surface area contributed by atoms with E-state index in [-0.39, 0.29) is 12.1 Å². The third-order valence-electron chi connectivity index (χ3n) is 3.70. The van der Waals surface area contributed by atoms with Gasteiger partial charge in [-0.2, -0.15) is 0 Å². The van der Waals surface area contributed by atoms with Crippen LogP contribution in [0, 0.1) is 0 Å². The fourth-order valence-electron chi connectivity index (χ4n) is 2.48. The second-order valence-electron chi connectivity index (χ2n) is 5.13. The first-order chi connectivity index (χ1) is 10.2. The van der Waals surface area contributed by atoms with Crippen LogP contribution in [0.25, 0.3) is 0 Å². The lowest BCUT2D eigenvalue weighted by Gasteiger charge is -2.22. The topological polar surface area (TPSA) is 30.5 Å². The minimum atomic E-state index is 0.158. The number of hydrogen-bond donors (Lipinski definition) is 1. The molecule has 0 bridgehead atoms. The molecule has 1 unspecified atom stereocenters. The van der Waals surface area contributed by atoms with Gasteiger partial charge in [0.05, 0.1) is 14.2 Å². The molecule has 0 aliphatic rings. The summed E-state index contributed by atoms with van der Waals surface area (Å²) in [7, 11) is 3.37. The van der Waals surface area contributed by atoms with Crippen LogP contribution in [0.2, 0.25) is 0 Å². The summed E-state index contributed by atoms with van der Waals surface area (Å²) in [5.41, 5.74) is 2.37. The smallest absolute Gasteiger partial charge is 0.123 e. The van der Waals surface area contributed by atoms with E-state index in [4.69, 9.17) is 9.47 Å². The number of methoxy groups -OCH3 is 2. The zero-order chi connectivity index (χ0) is 15.2. The summed E-state index contributed by atoms with van der Waals surface area (Å²) in [6, 6.07) is 16.7. The summed E-state index contributed by atoms with van der Waals surface area (Å²) in [4.78, 5) is 0. The Morgan fingerprint density at radius 3 is 2.19 bits per heavy atom. The van der Waals surface area contributed by atoms with Crippen molar-refractivity contribution in [1.29, 1.82) is 0 Å². The van der Waals surface area contributed by atoms with Crippen molar-refractivity contribution in [3.05, 3.63) is 59.7 Å². The van der Waals surface area contributed by atoms with Gasteiger partial charge in [0.2, 0.25) is 0 Å². The largest absolute Gasteiger partial charge is 0.497 e. The number of ether oxygens (including phenoxy) is 2. The molecule has 0 radical (unpaired) electrons. The predicted octanol–water partition coefficient (Wildman–Crippen LogP) is 4.12. The summed E-state index contributed by atoms with van der Waals surface area (Å²) in [6.45, 7) is 4.30. The van der Waals surface area contributed by atoms with Gasteiger partial charge in [-0.05, 0) is 37.6 Å². The predicted molar refractivity (Wildman–Crippen MR) is 86.0 cm³/mol. The van der Waals surface area contributed by atoms with Gasteiger partial charge in [-0.15, -0.1) is 0 Å². The van der Waals surface area contributed by atoms with E-state index in [2.05, 4.69) is 43.4 Å². The number of rotatable bonds is 6. The lowest BCUT2D eigenvalue weighted by atomic mass is 10.0. The van der Waals surface area contributed by atoms with Crippen molar-refractivity contribution < 1.29 is 9.47 Å². The minimum absolute atomic E-state index is 0.158. The number of nitrogens with one attached hydrogen (secondary N) is 1. The van der Waals surface area contributed by atoms with Crippen LogP contribution in [0.3, 0.4) is 0 Å². The van der Waals surface area contributed by atoms with Gasteiger partial charge >= 0.3 is 0 Å². The van der Waals surface area contributed by atoms with Gasteiger partial charge < -0.3 is 14.8 Å². The highest BCUT2D eigenvalue weighted by Gasteiger charge is 2.15. The third kappa shape index (κ3) is 3.76. The van der Waals surface area contributed by atoms with Crippen molar-refractivity contribution in [3.63, 3.8) is 0 Å². The SMILES string of the molecule is COc1ccc(OC)c(C(C)N[C@H](C)c2ccccc2)c1. The minimum Gasteiger partial charge on any atom is -0.497 e. The van der Waals surface area contributed by atoms with Crippen LogP contribution in [0.5, 0.6) is 11.5 Å². The lowest BCUT2D eigenvalue weighted by Crippen LogP contribution is -2.22. The number of benzene rings is 2. The van der Waals surface area contributed by atoms with Crippen LogP contribution < -0.4 is 14.8 Å². The molecule has 0 fully saturated rings. The zero-order valence-corrected chi connectivity index (χ0v) is 13.1. The van der Waals surface area contributed by atoms with Crippen LogP contribution in [0.1, 0.15) is 37.1 Å². The maximum atomic E-state index is 5.46. The Kier molecular flexibility index (Phi) is 5.23. The van der Waals surface area contributed by atoms with Gasteiger partial charge in [0.1, 0.15) is 11.5 Å². The lowest BCUT2D eigenvalue weighted by molar-refractivity contribution is 0.387. The third-order valence-corrected chi connectivity index (χ3v) is 3.70. The van der Waals surface area contributed by atoms with Crippen LogP contribution in [-0.2, 0) is 0 Å². The standard InChI is InChI=1S/C18H23NO2/c1-13(15-8-6-5-7-9-15)19-14(2)17-12-16(20-3)10-11-18(17)21-4/h5-14,19H,1-4H3/t13-,14?/m1/s1. The highest BCUT2D eigenvalue weighted by atomic mass is 16.5. The normalized spacial score (nSPS) is 13.5. The quantitative estimate of drug-likeness (QED) is 0.866. The molecular weight excluding hydrogens is 262 g/mol. The first-order valence-corrected chi connectivity index (χ1v) is 7.18. The maximum absolute atomic E-state index is 5.46. The molecule has 3 heteroatoms. The molecule has 2 rings (SSSR count). The summed E-state index contributed by atoms with van der Waals surface area (Å²) in [5.74, 6) is 1.71. The van der Waals surface area contributed by atoms with Gasteiger partial charge in [-0.1, -0.05) is 30.3 Å². The molecule has 2 aromatic rings. The van der Waals surface area contributed by atoms with Crippen molar-refractivity contribution in [2.24, 2.45) is 0 Å². The molecule has 0 aliphatic carbocycles. The van der Waals surface area contributed by atoms with Crippen LogP contribution in [0.4, 0.5) is 0 Å². The van der Waals surface area contributed by atoms with E-state index < -0.39 is 0 Å². The first kappa shape index (κ1) is 15.4. The highest BCUT2D eigenvalue weighted by Crippen LogP contribution is 2.30. The van der Waals surface area contributed by atoms with Crippen LogP contribution in [-0.4, -0.2) is 14.2 Å². The molecule has 0 aliphatic heterocycles. The molecule has 2 atom stereocenters. The van der Waals surface area contributed by atoms with E-state index in [1.165, 1.54) is 5.56 Å². The monoisotopic (exact) mass is 285 g/mol. The van der Waals surface area contributed by atoms with Gasteiger partial charge in [0, 0.05) is 17.6 Å². The molecule has 0 saturated heterocycles. The van der Waals surface area contributed by atoms with Crippen molar-refractivity contribution in [2.45, 2.75) is 25.9 Å². The van der Waals surface area contributed by atoms with E-state index in [0.29, 0.717) is 0 Å². The molecule has 1 N–H and O–H groups in total. The van der Waals surface area contributed by atoms with E-state index in [1.807, 2.05) is 24.3 Å².